The molecular weight excluding hydrogens is 406 g/mol. The van der Waals surface area contributed by atoms with Crippen molar-refractivity contribution >= 4 is 34.5 Å². The summed E-state index contributed by atoms with van der Waals surface area (Å²) in [7, 11) is 0. The van der Waals surface area contributed by atoms with Crippen molar-refractivity contribution in [3.05, 3.63) is 81.5 Å². The molecule has 5 nitrogen and oxygen atoms in total. The first-order valence-electron chi connectivity index (χ1n) is 10.6. The van der Waals surface area contributed by atoms with Gasteiger partial charge in [-0.3, -0.25) is 9.59 Å². The lowest BCUT2D eigenvalue weighted by Crippen LogP contribution is -2.36. The monoisotopic (exact) mass is 433 g/mol. The quantitative estimate of drug-likeness (QED) is 0.612. The Labute approximate surface area is 187 Å². The smallest absolute Gasteiger partial charge is 0.254 e. The van der Waals surface area contributed by atoms with E-state index in [1.165, 1.54) is 10.4 Å². The molecule has 0 unspecified atom stereocenters. The Balaban J connectivity index is 1.46. The van der Waals surface area contributed by atoms with Gasteiger partial charge >= 0.3 is 0 Å². The molecule has 1 aliphatic rings. The van der Waals surface area contributed by atoms with Crippen LogP contribution in [0.1, 0.15) is 33.3 Å². The van der Waals surface area contributed by atoms with E-state index in [9.17, 15) is 9.59 Å². The van der Waals surface area contributed by atoms with E-state index < -0.39 is 0 Å². The number of carbonyl (C=O) groups excluding carboxylic acids is 2. The maximum Gasteiger partial charge on any atom is 0.254 e. The first-order chi connectivity index (χ1) is 15.1. The minimum Gasteiger partial charge on any atom is -0.362 e. The van der Waals surface area contributed by atoms with E-state index >= 15 is 0 Å². The molecule has 0 spiro atoms. The van der Waals surface area contributed by atoms with Crippen molar-refractivity contribution in [1.82, 2.24) is 4.90 Å². The van der Waals surface area contributed by atoms with Crippen LogP contribution in [0.4, 0.5) is 11.4 Å². The van der Waals surface area contributed by atoms with Gasteiger partial charge in [0.1, 0.15) is 0 Å². The van der Waals surface area contributed by atoms with Crippen molar-refractivity contribution < 1.29 is 9.59 Å². The summed E-state index contributed by atoms with van der Waals surface area (Å²) < 4.78 is 0. The first kappa shape index (κ1) is 21.1. The van der Waals surface area contributed by atoms with Crippen molar-refractivity contribution in [3.8, 4) is 0 Å². The summed E-state index contributed by atoms with van der Waals surface area (Å²) in [5.74, 6) is -0.0794. The number of rotatable bonds is 6. The Kier molecular flexibility index (Phi) is 6.37. The van der Waals surface area contributed by atoms with Gasteiger partial charge in [0, 0.05) is 41.4 Å². The van der Waals surface area contributed by atoms with Gasteiger partial charge in [0.05, 0.1) is 6.54 Å². The van der Waals surface area contributed by atoms with Gasteiger partial charge in [-0.05, 0) is 67.1 Å². The van der Waals surface area contributed by atoms with E-state index in [0.717, 1.165) is 30.8 Å². The molecule has 1 N–H and O–H groups in total. The molecule has 31 heavy (non-hydrogen) atoms. The number of thiophene rings is 1. The summed E-state index contributed by atoms with van der Waals surface area (Å²) in [6.45, 7) is 6.29. The number of benzene rings is 2. The number of anilines is 2. The molecule has 3 aromatic rings. The average molecular weight is 434 g/mol. The third-order valence-electron chi connectivity index (χ3n) is 5.77. The highest BCUT2D eigenvalue weighted by molar-refractivity contribution is 7.10. The second-order valence-electron chi connectivity index (χ2n) is 7.72. The molecule has 160 valence electrons. The minimum atomic E-state index is -0.0979. The van der Waals surface area contributed by atoms with Crippen molar-refractivity contribution in [3.63, 3.8) is 0 Å². The van der Waals surface area contributed by atoms with Gasteiger partial charge in [0.15, 0.2) is 0 Å². The number of hydrogen-bond donors (Lipinski definition) is 1. The molecule has 2 heterocycles. The van der Waals surface area contributed by atoms with Crippen LogP contribution in [-0.4, -0.2) is 36.3 Å². The summed E-state index contributed by atoms with van der Waals surface area (Å²) in [4.78, 5) is 31.3. The van der Waals surface area contributed by atoms with E-state index in [4.69, 9.17) is 0 Å². The van der Waals surface area contributed by atoms with E-state index in [1.807, 2.05) is 72.2 Å². The summed E-state index contributed by atoms with van der Waals surface area (Å²) in [5.41, 5.74) is 4.39. The van der Waals surface area contributed by atoms with E-state index in [1.54, 1.807) is 11.3 Å². The normalized spacial score (nSPS) is 12.9. The molecule has 0 aliphatic carbocycles. The summed E-state index contributed by atoms with van der Waals surface area (Å²) in [6.07, 6.45) is 0.903. The topological polar surface area (TPSA) is 52.7 Å². The molecule has 0 atom stereocenters. The lowest BCUT2D eigenvalue weighted by atomic mass is 10.0. The third kappa shape index (κ3) is 4.64. The maximum absolute atomic E-state index is 13.2. The summed E-state index contributed by atoms with van der Waals surface area (Å²) >= 11 is 1.76. The number of hydrogen-bond acceptors (Lipinski definition) is 4. The first-order valence-corrected chi connectivity index (χ1v) is 11.5. The Hall–Kier alpha value is -3.12. The SMILES string of the molecule is CCN(CC(=O)Nc1cccc(C(=O)N2CCc3sccc3C2)c1C)c1ccccc1. The fourth-order valence-electron chi connectivity index (χ4n) is 3.98. The Bertz CT molecular complexity index is 1080. The number of nitrogens with one attached hydrogen (secondary N) is 1. The van der Waals surface area contributed by atoms with Crippen LogP contribution in [0.5, 0.6) is 0 Å². The van der Waals surface area contributed by atoms with Crippen molar-refractivity contribution in [2.24, 2.45) is 0 Å². The molecule has 0 saturated heterocycles. The lowest BCUT2D eigenvalue weighted by Gasteiger charge is -2.28. The predicted molar refractivity (Wildman–Crippen MR) is 127 cm³/mol. The second-order valence-corrected chi connectivity index (χ2v) is 8.72. The molecule has 2 amide bonds. The third-order valence-corrected chi connectivity index (χ3v) is 6.79. The van der Waals surface area contributed by atoms with E-state index in [2.05, 4.69) is 16.8 Å². The summed E-state index contributed by atoms with van der Waals surface area (Å²) in [6, 6.07) is 17.5. The molecule has 1 aromatic heterocycles. The van der Waals surface area contributed by atoms with E-state index in [0.29, 0.717) is 17.8 Å². The van der Waals surface area contributed by atoms with Gasteiger partial charge in [0.25, 0.3) is 5.91 Å². The fourth-order valence-corrected chi connectivity index (χ4v) is 4.87. The number of fused-ring (bicyclic) bond motifs is 1. The van der Waals surface area contributed by atoms with Crippen LogP contribution in [0.15, 0.2) is 60.0 Å². The molecule has 0 radical (unpaired) electrons. The van der Waals surface area contributed by atoms with Gasteiger partial charge in [0.2, 0.25) is 5.91 Å². The number of nitrogens with zero attached hydrogens (tertiary/aromatic N) is 2. The van der Waals surface area contributed by atoms with Gasteiger partial charge in [-0.15, -0.1) is 11.3 Å². The van der Waals surface area contributed by atoms with Crippen LogP contribution in [0.3, 0.4) is 0 Å². The fraction of sp³-hybridized carbons (Fsp3) is 0.280. The minimum absolute atomic E-state index is 0.0184. The molecule has 0 saturated carbocycles. The van der Waals surface area contributed by atoms with Gasteiger partial charge in [-0.1, -0.05) is 24.3 Å². The molecule has 4 rings (SSSR count). The highest BCUT2D eigenvalue weighted by atomic mass is 32.1. The largest absolute Gasteiger partial charge is 0.362 e. The molecule has 6 heteroatoms. The molecule has 1 aliphatic heterocycles. The van der Waals surface area contributed by atoms with Crippen LogP contribution in [0.2, 0.25) is 0 Å². The Morgan fingerprint density at radius 2 is 1.90 bits per heavy atom. The zero-order chi connectivity index (χ0) is 21.8. The Morgan fingerprint density at radius 1 is 1.10 bits per heavy atom. The van der Waals surface area contributed by atoms with Crippen LogP contribution in [0, 0.1) is 6.92 Å². The predicted octanol–water partition coefficient (Wildman–Crippen LogP) is 4.72. The van der Waals surface area contributed by atoms with Crippen LogP contribution < -0.4 is 10.2 Å². The van der Waals surface area contributed by atoms with Crippen molar-refractivity contribution in [1.29, 1.82) is 0 Å². The van der Waals surface area contributed by atoms with Crippen LogP contribution in [0.25, 0.3) is 0 Å². The van der Waals surface area contributed by atoms with Gasteiger partial charge in [-0.2, -0.15) is 0 Å². The maximum atomic E-state index is 13.2. The van der Waals surface area contributed by atoms with Gasteiger partial charge < -0.3 is 15.1 Å². The lowest BCUT2D eigenvalue weighted by molar-refractivity contribution is -0.115. The Morgan fingerprint density at radius 3 is 2.68 bits per heavy atom. The van der Waals surface area contributed by atoms with Crippen molar-refractivity contribution in [2.75, 3.05) is 29.9 Å². The molecule has 0 bridgehead atoms. The number of carbonyl (C=O) groups is 2. The highest BCUT2D eigenvalue weighted by Crippen LogP contribution is 2.27. The highest BCUT2D eigenvalue weighted by Gasteiger charge is 2.24. The second kappa shape index (κ2) is 9.35. The number of amides is 2. The van der Waals surface area contributed by atoms with Crippen LogP contribution >= 0.6 is 11.3 Å². The molecule has 2 aromatic carbocycles. The molecular formula is C25H27N3O2S. The zero-order valence-electron chi connectivity index (χ0n) is 17.9. The standard InChI is InChI=1S/C25H27N3O2S/c1-3-27(20-8-5-4-6-9-20)17-24(29)26-22-11-7-10-21(18(22)2)25(30)28-14-12-23-19(16-28)13-15-31-23/h4-11,13,15H,3,12,14,16-17H2,1-2H3,(H,26,29). The van der Waals surface area contributed by atoms with Crippen LogP contribution in [-0.2, 0) is 17.8 Å². The van der Waals surface area contributed by atoms with E-state index in [-0.39, 0.29) is 18.4 Å². The zero-order valence-corrected chi connectivity index (χ0v) is 18.7. The number of likely N-dealkylation sites (N-methyl/N-ethyl adjacent to an activating group) is 1. The molecule has 0 fully saturated rings. The van der Waals surface area contributed by atoms with Gasteiger partial charge in [-0.25, -0.2) is 0 Å². The number of para-hydroxylation sites is 1. The summed E-state index contributed by atoms with van der Waals surface area (Å²) in [5, 5.41) is 5.10. The van der Waals surface area contributed by atoms with Crippen molar-refractivity contribution in [2.45, 2.75) is 26.8 Å². The average Bonchev–Trinajstić information content (AvgIpc) is 3.27.